The quantitative estimate of drug-likeness (QED) is 0.250. The lowest BCUT2D eigenvalue weighted by Crippen LogP contribution is -2.29. The van der Waals surface area contributed by atoms with Gasteiger partial charge in [-0.05, 0) is 66.0 Å². The number of hydrogen-bond donors (Lipinski definition) is 2. The number of anilines is 1. The summed E-state index contributed by atoms with van der Waals surface area (Å²) in [5.74, 6) is 0.897. The molecule has 3 aromatic rings. The molecule has 1 unspecified atom stereocenters. The van der Waals surface area contributed by atoms with Gasteiger partial charge in [0.15, 0.2) is 11.5 Å². The minimum absolute atomic E-state index is 0.0160. The number of fused-ring (bicyclic) bond motifs is 1. The summed E-state index contributed by atoms with van der Waals surface area (Å²) in [7, 11) is 0. The Morgan fingerprint density at radius 1 is 1.29 bits per heavy atom. The number of nitrogens with one attached hydrogen (secondary N) is 1. The first kappa shape index (κ1) is 25.4. The Kier molecular flexibility index (Phi) is 7.93. The minimum Gasteiger partial charge on any atom is -0.503 e. The summed E-state index contributed by atoms with van der Waals surface area (Å²) in [4.78, 5) is 17.7. The van der Waals surface area contributed by atoms with Gasteiger partial charge in [-0.25, -0.2) is 9.48 Å². The van der Waals surface area contributed by atoms with Gasteiger partial charge in [0.1, 0.15) is 6.04 Å². The number of nitrogens with zero attached hydrogens (tertiary/aromatic N) is 3. The van der Waals surface area contributed by atoms with Crippen molar-refractivity contribution in [1.29, 1.82) is 0 Å². The molecule has 1 aromatic heterocycles. The highest BCUT2D eigenvalue weighted by atomic mass is 79.9. The fourth-order valence-corrected chi connectivity index (χ4v) is 5.32. The van der Waals surface area contributed by atoms with E-state index in [1.807, 2.05) is 31.2 Å². The first-order chi connectivity index (χ1) is 16.8. The number of phenolic OH excluding ortho intramolecular Hbond substituents is 1. The fourth-order valence-electron chi connectivity index (χ4n) is 3.75. The summed E-state index contributed by atoms with van der Waals surface area (Å²) in [6.07, 6.45) is 0. The van der Waals surface area contributed by atoms with Gasteiger partial charge in [0, 0.05) is 16.5 Å². The molecule has 8 nitrogen and oxygen atoms in total. The van der Waals surface area contributed by atoms with Crippen LogP contribution >= 0.6 is 39.3 Å². The maximum absolute atomic E-state index is 13.0. The number of aromatic hydroxyl groups is 1. The second-order valence-corrected chi connectivity index (χ2v) is 9.82. The molecule has 0 spiro atoms. The van der Waals surface area contributed by atoms with E-state index in [0.717, 1.165) is 5.56 Å². The summed E-state index contributed by atoms with van der Waals surface area (Å²) >= 11 is 11.1. The number of carbonyl (C=O) groups excluding carboxylic acids is 1. The summed E-state index contributed by atoms with van der Waals surface area (Å²) in [6, 6.07) is 10.4. The predicted octanol–water partition coefficient (Wildman–Crippen LogP) is 5.94. The second-order valence-electron chi connectivity index (χ2n) is 7.61. The molecule has 11 heteroatoms. The normalized spacial score (nSPS) is 14.9. The number of allylic oxidation sites excluding steroid dienone is 1. The molecule has 2 heterocycles. The standard InChI is InChI=1S/C24H24BrClN4O4S/c1-4-33-18-11-15(10-16(25)21(18)31)20-19(22(32)34-5-2)13(3)27-23-28-24(29-30(20)23)35-12-14-8-6-7-9-17(14)26/h6-11,20,31H,4-5,12H2,1-3H3,(H,27,28,29). The summed E-state index contributed by atoms with van der Waals surface area (Å²) in [5, 5.41) is 19.5. The first-order valence-electron chi connectivity index (χ1n) is 11.0. The second kappa shape index (κ2) is 10.9. The number of aromatic nitrogens is 3. The third kappa shape index (κ3) is 5.29. The Balaban J connectivity index is 1.77. The zero-order valence-electron chi connectivity index (χ0n) is 19.3. The van der Waals surface area contributed by atoms with Crippen LogP contribution in [0.3, 0.4) is 0 Å². The van der Waals surface area contributed by atoms with Crippen LogP contribution in [0, 0.1) is 0 Å². The van der Waals surface area contributed by atoms with Crippen molar-refractivity contribution in [3.63, 3.8) is 0 Å². The van der Waals surface area contributed by atoms with E-state index < -0.39 is 12.0 Å². The predicted molar refractivity (Wildman–Crippen MR) is 139 cm³/mol. The highest BCUT2D eigenvalue weighted by Gasteiger charge is 2.36. The SMILES string of the molecule is CCOC(=O)C1=C(C)Nc2nc(SCc3ccccc3Cl)nn2C1c1cc(Br)c(O)c(OCC)c1. The lowest BCUT2D eigenvalue weighted by molar-refractivity contribution is -0.139. The highest BCUT2D eigenvalue weighted by Crippen LogP contribution is 2.43. The van der Waals surface area contributed by atoms with Crippen molar-refractivity contribution in [2.45, 2.75) is 37.7 Å². The number of ether oxygens (including phenoxy) is 2. The first-order valence-corrected chi connectivity index (χ1v) is 13.1. The molecule has 2 N–H and O–H groups in total. The van der Waals surface area contributed by atoms with E-state index in [2.05, 4.69) is 26.2 Å². The van der Waals surface area contributed by atoms with Crippen LogP contribution in [0.4, 0.5) is 5.95 Å². The Labute approximate surface area is 220 Å². The third-order valence-electron chi connectivity index (χ3n) is 5.31. The molecule has 0 bridgehead atoms. The van der Waals surface area contributed by atoms with E-state index in [0.29, 0.717) is 55.5 Å². The highest BCUT2D eigenvalue weighted by molar-refractivity contribution is 9.10. The topological polar surface area (TPSA) is 98.5 Å². The van der Waals surface area contributed by atoms with Gasteiger partial charge in [0.25, 0.3) is 0 Å². The monoisotopic (exact) mass is 578 g/mol. The van der Waals surface area contributed by atoms with Gasteiger partial charge in [0.05, 0.1) is 23.3 Å². The van der Waals surface area contributed by atoms with E-state index in [4.69, 9.17) is 26.2 Å². The van der Waals surface area contributed by atoms with Crippen LogP contribution in [-0.4, -0.2) is 39.1 Å². The maximum atomic E-state index is 13.0. The van der Waals surface area contributed by atoms with Crippen LogP contribution < -0.4 is 10.1 Å². The molecule has 0 saturated carbocycles. The minimum atomic E-state index is -0.649. The molecule has 1 atom stereocenters. The number of phenols is 1. The molecule has 1 aliphatic heterocycles. The van der Waals surface area contributed by atoms with Gasteiger partial charge in [-0.2, -0.15) is 4.98 Å². The Hall–Kier alpha value is -2.69. The van der Waals surface area contributed by atoms with Crippen LogP contribution in [0.5, 0.6) is 11.5 Å². The van der Waals surface area contributed by atoms with Gasteiger partial charge < -0.3 is 19.9 Å². The number of esters is 1. The molecule has 1 aliphatic rings. The molecule has 35 heavy (non-hydrogen) atoms. The maximum Gasteiger partial charge on any atom is 0.338 e. The van der Waals surface area contributed by atoms with Crippen molar-refractivity contribution in [2.24, 2.45) is 0 Å². The van der Waals surface area contributed by atoms with E-state index in [-0.39, 0.29) is 12.4 Å². The number of halogens is 2. The summed E-state index contributed by atoms with van der Waals surface area (Å²) in [5.41, 5.74) is 2.66. The van der Waals surface area contributed by atoms with Crippen LogP contribution in [0.15, 0.2) is 57.3 Å². The molecule has 184 valence electrons. The number of hydrogen-bond acceptors (Lipinski definition) is 8. The van der Waals surface area contributed by atoms with Crippen molar-refractivity contribution in [3.8, 4) is 11.5 Å². The molecular formula is C24H24BrClN4O4S. The summed E-state index contributed by atoms with van der Waals surface area (Å²) < 4.78 is 13.1. The van der Waals surface area contributed by atoms with E-state index in [1.165, 1.54) is 11.8 Å². The molecule has 0 saturated heterocycles. The number of benzene rings is 2. The lowest BCUT2D eigenvalue weighted by atomic mass is 9.95. The molecule has 0 fully saturated rings. The van der Waals surface area contributed by atoms with Crippen LogP contribution in [0.25, 0.3) is 0 Å². The zero-order valence-corrected chi connectivity index (χ0v) is 22.5. The fraction of sp³-hybridized carbons (Fsp3) is 0.292. The van der Waals surface area contributed by atoms with E-state index in [9.17, 15) is 9.90 Å². The number of rotatable bonds is 8. The molecule has 0 aliphatic carbocycles. The van der Waals surface area contributed by atoms with Crippen LogP contribution in [0.1, 0.15) is 37.9 Å². The summed E-state index contributed by atoms with van der Waals surface area (Å²) in [6.45, 7) is 5.99. The van der Waals surface area contributed by atoms with Crippen molar-refractivity contribution in [2.75, 3.05) is 18.5 Å². The lowest BCUT2D eigenvalue weighted by Gasteiger charge is -2.28. The largest absolute Gasteiger partial charge is 0.503 e. The Morgan fingerprint density at radius 2 is 2.06 bits per heavy atom. The number of thioether (sulfide) groups is 1. The van der Waals surface area contributed by atoms with Gasteiger partial charge in [-0.3, -0.25) is 0 Å². The average Bonchev–Trinajstić information content (AvgIpc) is 3.23. The molecule has 0 radical (unpaired) electrons. The molecule has 2 aromatic carbocycles. The van der Waals surface area contributed by atoms with Gasteiger partial charge in [-0.1, -0.05) is 41.6 Å². The molecule has 0 amide bonds. The van der Waals surface area contributed by atoms with Crippen molar-refractivity contribution in [3.05, 3.63) is 68.3 Å². The Bertz CT molecular complexity index is 1300. The number of carbonyl (C=O) groups is 1. The van der Waals surface area contributed by atoms with Crippen molar-refractivity contribution in [1.82, 2.24) is 14.8 Å². The molecule has 4 rings (SSSR count). The van der Waals surface area contributed by atoms with Gasteiger partial charge in [0.2, 0.25) is 11.1 Å². The molecular weight excluding hydrogens is 556 g/mol. The van der Waals surface area contributed by atoms with Gasteiger partial charge in [-0.15, -0.1) is 5.10 Å². The zero-order chi connectivity index (χ0) is 25.1. The van der Waals surface area contributed by atoms with Crippen LogP contribution in [-0.2, 0) is 15.3 Å². The van der Waals surface area contributed by atoms with Gasteiger partial charge >= 0.3 is 5.97 Å². The third-order valence-corrected chi connectivity index (χ3v) is 7.17. The average molecular weight is 580 g/mol. The van der Waals surface area contributed by atoms with Crippen molar-refractivity contribution < 1.29 is 19.4 Å². The van der Waals surface area contributed by atoms with Crippen LogP contribution in [0.2, 0.25) is 5.02 Å². The Morgan fingerprint density at radius 3 is 2.77 bits per heavy atom. The van der Waals surface area contributed by atoms with E-state index in [1.54, 1.807) is 30.7 Å². The van der Waals surface area contributed by atoms with E-state index >= 15 is 0 Å². The smallest absolute Gasteiger partial charge is 0.338 e. The van der Waals surface area contributed by atoms with Crippen molar-refractivity contribution >= 4 is 51.2 Å².